The molecule has 4 nitrogen and oxygen atoms in total. The number of anilines is 1. The summed E-state index contributed by atoms with van der Waals surface area (Å²) in [4.78, 5) is 24.0. The Labute approximate surface area is 159 Å². The molecule has 0 unspecified atom stereocenters. The van der Waals surface area contributed by atoms with E-state index in [-0.39, 0.29) is 17.9 Å². The normalized spacial score (nSPS) is 11.2. The van der Waals surface area contributed by atoms with Crippen LogP contribution in [0.5, 0.6) is 5.75 Å². The molecule has 0 aliphatic rings. The van der Waals surface area contributed by atoms with Gasteiger partial charge in [-0.2, -0.15) is 0 Å². The highest BCUT2D eigenvalue weighted by Gasteiger charge is 2.19. The smallest absolute Gasteiger partial charge is 0.262 e. The second-order valence-electron chi connectivity index (χ2n) is 7.45. The minimum atomic E-state index is -0.267. The van der Waals surface area contributed by atoms with Crippen molar-refractivity contribution in [3.63, 3.8) is 0 Å². The fraction of sp³-hybridized carbons (Fsp3) is 0.217. The molecule has 3 rings (SSSR count). The van der Waals surface area contributed by atoms with Crippen molar-refractivity contribution in [2.45, 2.75) is 26.2 Å². The number of nitrogens with one attached hydrogen (secondary N) is 1. The quantitative estimate of drug-likeness (QED) is 0.653. The monoisotopic (exact) mass is 361 g/mol. The molecule has 0 fully saturated rings. The van der Waals surface area contributed by atoms with Gasteiger partial charge in [-0.1, -0.05) is 69.3 Å². The molecule has 1 N–H and O–H groups in total. The lowest BCUT2D eigenvalue weighted by atomic mass is 9.86. The molecule has 3 aromatic rings. The first kappa shape index (κ1) is 18.6. The summed E-state index contributed by atoms with van der Waals surface area (Å²) in [5.74, 6) is 0.139. The van der Waals surface area contributed by atoms with Crippen LogP contribution >= 0.6 is 0 Å². The van der Waals surface area contributed by atoms with Gasteiger partial charge in [-0.15, -0.1) is 0 Å². The Morgan fingerprint density at radius 1 is 1.00 bits per heavy atom. The highest BCUT2D eigenvalue weighted by molar-refractivity contribution is 6.01. The fourth-order valence-corrected chi connectivity index (χ4v) is 3.10. The van der Waals surface area contributed by atoms with Crippen LogP contribution in [0.2, 0.25) is 0 Å². The first-order chi connectivity index (χ1) is 12.9. The zero-order valence-corrected chi connectivity index (χ0v) is 15.8. The molecule has 1 amide bonds. The summed E-state index contributed by atoms with van der Waals surface area (Å²) in [6, 6.07) is 18.9. The van der Waals surface area contributed by atoms with E-state index in [0.29, 0.717) is 11.3 Å². The molecule has 0 aliphatic carbocycles. The predicted octanol–water partition coefficient (Wildman–Crippen LogP) is 4.97. The summed E-state index contributed by atoms with van der Waals surface area (Å²) in [5.41, 5.74) is 2.19. The first-order valence-electron chi connectivity index (χ1n) is 8.89. The molecule has 138 valence electrons. The molecule has 0 aromatic heterocycles. The van der Waals surface area contributed by atoms with Gasteiger partial charge in [0, 0.05) is 5.69 Å². The molecule has 3 aromatic carbocycles. The van der Waals surface area contributed by atoms with Crippen LogP contribution in [0.4, 0.5) is 5.69 Å². The van der Waals surface area contributed by atoms with Gasteiger partial charge >= 0.3 is 0 Å². The van der Waals surface area contributed by atoms with Crippen molar-refractivity contribution in [1.29, 1.82) is 0 Å². The SMILES string of the molecule is CC(C)(C)c1ccccc1NC(=O)COc1ccc2ccccc2c1C=O. The van der Waals surface area contributed by atoms with E-state index in [1.54, 1.807) is 6.07 Å². The van der Waals surface area contributed by atoms with Crippen LogP contribution in [0.15, 0.2) is 60.7 Å². The number of ether oxygens (including phenoxy) is 1. The van der Waals surface area contributed by atoms with Crippen molar-refractivity contribution in [2.24, 2.45) is 0 Å². The van der Waals surface area contributed by atoms with Gasteiger partial charge in [0.1, 0.15) is 5.75 Å². The van der Waals surface area contributed by atoms with Crippen molar-refractivity contribution in [3.8, 4) is 5.75 Å². The van der Waals surface area contributed by atoms with Crippen LogP contribution in [-0.2, 0) is 10.2 Å². The van der Waals surface area contributed by atoms with E-state index in [4.69, 9.17) is 4.74 Å². The van der Waals surface area contributed by atoms with Crippen molar-refractivity contribution < 1.29 is 14.3 Å². The molecule has 0 saturated carbocycles. The number of amides is 1. The predicted molar refractivity (Wildman–Crippen MR) is 109 cm³/mol. The zero-order chi connectivity index (χ0) is 19.4. The summed E-state index contributed by atoms with van der Waals surface area (Å²) < 4.78 is 5.65. The van der Waals surface area contributed by atoms with Crippen molar-refractivity contribution >= 4 is 28.7 Å². The minimum absolute atomic E-state index is 0.0895. The van der Waals surface area contributed by atoms with Gasteiger partial charge in [-0.05, 0) is 33.9 Å². The van der Waals surface area contributed by atoms with E-state index < -0.39 is 0 Å². The number of aldehydes is 1. The maximum absolute atomic E-state index is 12.4. The molecular formula is C23H23NO3. The van der Waals surface area contributed by atoms with Crippen LogP contribution in [0.25, 0.3) is 10.8 Å². The van der Waals surface area contributed by atoms with Gasteiger partial charge in [0.05, 0.1) is 5.56 Å². The van der Waals surface area contributed by atoms with Gasteiger partial charge in [-0.25, -0.2) is 0 Å². The van der Waals surface area contributed by atoms with Crippen LogP contribution in [-0.4, -0.2) is 18.8 Å². The van der Waals surface area contributed by atoms with Crippen LogP contribution in [0, 0.1) is 0 Å². The lowest BCUT2D eigenvalue weighted by Crippen LogP contribution is -2.23. The lowest BCUT2D eigenvalue weighted by Gasteiger charge is -2.23. The maximum atomic E-state index is 12.4. The summed E-state index contributed by atoms with van der Waals surface area (Å²) in [6.45, 7) is 6.12. The fourth-order valence-electron chi connectivity index (χ4n) is 3.10. The minimum Gasteiger partial charge on any atom is -0.483 e. The van der Waals surface area contributed by atoms with Gasteiger partial charge in [-0.3, -0.25) is 9.59 Å². The summed E-state index contributed by atoms with van der Waals surface area (Å²) in [6.07, 6.45) is 0.768. The van der Waals surface area contributed by atoms with Crippen LogP contribution in [0.1, 0.15) is 36.7 Å². The highest BCUT2D eigenvalue weighted by Crippen LogP contribution is 2.29. The third-order valence-electron chi connectivity index (χ3n) is 4.42. The number of rotatable bonds is 5. The summed E-state index contributed by atoms with van der Waals surface area (Å²) >= 11 is 0. The second-order valence-corrected chi connectivity index (χ2v) is 7.45. The maximum Gasteiger partial charge on any atom is 0.262 e. The Balaban J connectivity index is 1.76. The zero-order valence-electron chi connectivity index (χ0n) is 15.8. The largest absolute Gasteiger partial charge is 0.483 e. The van der Waals surface area contributed by atoms with Crippen LogP contribution in [0.3, 0.4) is 0 Å². The van der Waals surface area contributed by atoms with E-state index in [9.17, 15) is 9.59 Å². The molecule has 0 spiro atoms. The molecule has 4 heteroatoms. The van der Waals surface area contributed by atoms with E-state index in [2.05, 4.69) is 26.1 Å². The van der Waals surface area contributed by atoms with Crippen molar-refractivity contribution in [2.75, 3.05) is 11.9 Å². The number of carbonyl (C=O) groups excluding carboxylic acids is 2. The summed E-state index contributed by atoms with van der Waals surface area (Å²) in [5, 5.41) is 4.67. The van der Waals surface area contributed by atoms with E-state index in [1.165, 1.54) is 0 Å². The van der Waals surface area contributed by atoms with Gasteiger partial charge in [0.2, 0.25) is 0 Å². The molecule has 0 saturated heterocycles. The van der Waals surface area contributed by atoms with E-state index in [0.717, 1.165) is 28.3 Å². The lowest BCUT2D eigenvalue weighted by molar-refractivity contribution is -0.118. The second kappa shape index (κ2) is 7.62. The van der Waals surface area contributed by atoms with E-state index in [1.807, 2.05) is 54.6 Å². The number of benzene rings is 3. The average molecular weight is 361 g/mol. The number of para-hydroxylation sites is 1. The molecule has 0 aliphatic heterocycles. The number of hydrogen-bond acceptors (Lipinski definition) is 3. The molecular weight excluding hydrogens is 338 g/mol. The molecule has 0 bridgehead atoms. The molecule has 0 radical (unpaired) electrons. The Morgan fingerprint density at radius 3 is 2.44 bits per heavy atom. The topological polar surface area (TPSA) is 55.4 Å². The summed E-state index contributed by atoms with van der Waals surface area (Å²) in [7, 11) is 0. The Morgan fingerprint density at radius 2 is 1.70 bits per heavy atom. The van der Waals surface area contributed by atoms with Crippen molar-refractivity contribution in [3.05, 3.63) is 71.8 Å². The van der Waals surface area contributed by atoms with Crippen molar-refractivity contribution in [1.82, 2.24) is 0 Å². The third-order valence-corrected chi connectivity index (χ3v) is 4.42. The number of fused-ring (bicyclic) bond motifs is 1. The molecule has 27 heavy (non-hydrogen) atoms. The highest BCUT2D eigenvalue weighted by atomic mass is 16.5. The van der Waals surface area contributed by atoms with Gasteiger partial charge in [0.25, 0.3) is 5.91 Å². The Kier molecular flexibility index (Phi) is 5.26. The van der Waals surface area contributed by atoms with E-state index >= 15 is 0 Å². The Hall–Kier alpha value is -3.14. The first-order valence-corrected chi connectivity index (χ1v) is 8.89. The Bertz CT molecular complexity index is 986. The van der Waals surface area contributed by atoms with Gasteiger partial charge in [0.15, 0.2) is 12.9 Å². The number of hydrogen-bond donors (Lipinski definition) is 1. The van der Waals surface area contributed by atoms with Crippen LogP contribution < -0.4 is 10.1 Å². The standard InChI is InChI=1S/C23H23NO3/c1-23(2,3)19-10-6-7-11-20(19)24-22(26)15-27-21-13-12-16-8-4-5-9-17(16)18(21)14-25/h4-14H,15H2,1-3H3,(H,24,26). The molecule has 0 atom stereocenters. The third kappa shape index (κ3) is 4.17. The number of carbonyl (C=O) groups is 2. The van der Waals surface area contributed by atoms with Gasteiger partial charge < -0.3 is 10.1 Å². The average Bonchev–Trinajstić information content (AvgIpc) is 2.65. The molecule has 0 heterocycles.